The average Bonchev–Trinajstić information content (AvgIpc) is 2.89. The number of carbonyl (C=O) groups excluding carboxylic acids is 1. The molecule has 0 aromatic carbocycles. The number of hydrogen-bond donors (Lipinski definition) is 1. The predicted octanol–water partition coefficient (Wildman–Crippen LogP) is 1.43. The molecule has 4 nitrogen and oxygen atoms in total. The molecule has 0 radical (unpaired) electrons. The number of aromatic nitrogens is 2. The molecule has 1 amide bonds. The first-order chi connectivity index (χ1) is 8.19. The van der Waals surface area contributed by atoms with Crippen LogP contribution in [0.2, 0.25) is 0 Å². The van der Waals surface area contributed by atoms with Gasteiger partial charge in [0.15, 0.2) is 0 Å². The number of aryl methyl sites for hydroxylation is 1. The second-order valence-corrected chi connectivity index (χ2v) is 4.74. The first-order valence-electron chi connectivity index (χ1n) is 6.09. The van der Waals surface area contributed by atoms with Crippen LogP contribution in [0.4, 0.5) is 0 Å². The molecular formula is C13H19N3O. The highest BCUT2D eigenvalue weighted by atomic mass is 16.1. The van der Waals surface area contributed by atoms with E-state index >= 15 is 0 Å². The lowest BCUT2D eigenvalue weighted by atomic mass is 9.96. The van der Waals surface area contributed by atoms with Gasteiger partial charge in [-0.1, -0.05) is 13.0 Å². The Morgan fingerprint density at radius 2 is 2.53 bits per heavy atom. The first kappa shape index (κ1) is 11.9. The fraction of sp³-hybridized carbons (Fsp3) is 0.538. The third kappa shape index (κ3) is 2.96. The Morgan fingerprint density at radius 3 is 3.18 bits per heavy atom. The Kier molecular flexibility index (Phi) is 3.61. The van der Waals surface area contributed by atoms with Crippen molar-refractivity contribution < 1.29 is 4.79 Å². The van der Waals surface area contributed by atoms with Crippen LogP contribution in [-0.4, -0.2) is 21.7 Å². The van der Waals surface area contributed by atoms with E-state index in [1.54, 1.807) is 0 Å². The summed E-state index contributed by atoms with van der Waals surface area (Å²) in [6, 6.07) is 0.292. The second kappa shape index (κ2) is 5.17. The molecule has 92 valence electrons. The maximum atomic E-state index is 11.3. The molecule has 1 saturated carbocycles. The van der Waals surface area contributed by atoms with Gasteiger partial charge in [0.25, 0.3) is 0 Å². The van der Waals surface area contributed by atoms with Crippen LogP contribution in [0, 0.1) is 5.92 Å². The number of hydrogen-bond acceptors (Lipinski definition) is 2. The number of nitrogens with zero attached hydrogens (tertiary/aromatic N) is 2. The molecule has 4 heteroatoms. The highest BCUT2D eigenvalue weighted by Gasteiger charge is 2.28. The second-order valence-electron chi connectivity index (χ2n) is 4.74. The van der Waals surface area contributed by atoms with Crippen molar-refractivity contribution in [2.75, 3.05) is 0 Å². The van der Waals surface area contributed by atoms with E-state index in [0.717, 1.165) is 12.8 Å². The van der Waals surface area contributed by atoms with Crippen molar-refractivity contribution in [1.82, 2.24) is 15.1 Å². The molecule has 1 heterocycles. The monoisotopic (exact) mass is 233 g/mol. The molecule has 17 heavy (non-hydrogen) atoms. The first-order valence-corrected chi connectivity index (χ1v) is 6.09. The van der Waals surface area contributed by atoms with Gasteiger partial charge in [-0.3, -0.25) is 9.48 Å². The smallest absolute Gasteiger partial charge is 0.243 e. The standard InChI is InChI=1S/C13H19N3O/c1-3-13(17)15-12-6-4-5-11(12)7-10-8-14-16(2)9-10/h3,8-9,11-12H,1,4-7H2,2H3,(H,15,17). The van der Waals surface area contributed by atoms with Crippen molar-refractivity contribution in [1.29, 1.82) is 0 Å². The van der Waals surface area contributed by atoms with Gasteiger partial charge >= 0.3 is 0 Å². The SMILES string of the molecule is C=CC(=O)NC1CCCC1Cc1cnn(C)c1. The van der Waals surface area contributed by atoms with Crippen LogP contribution in [0.1, 0.15) is 24.8 Å². The summed E-state index contributed by atoms with van der Waals surface area (Å²) < 4.78 is 1.82. The maximum Gasteiger partial charge on any atom is 0.243 e. The van der Waals surface area contributed by atoms with E-state index in [1.807, 2.05) is 24.1 Å². The topological polar surface area (TPSA) is 46.9 Å². The van der Waals surface area contributed by atoms with Gasteiger partial charge in [-0.2, -0.15) is 5.10 Å². The van der Waals surface area contributed by atoms with E-state index in [4.69, 9.17) is 0 Å². The summed E-state index contributed by atoms with van der Waals surface area (Å²) in [4.78, 5) is 11.3. The molecule has 0 saturated heterocycles. The van der Waals surface area contributed by atoms with Crippen molar-refractivity contribution in [2.45, 2.75) is 31.7 Å². The lowest BCUT2D eigenvalue weighted by Crippen LogP contribution is -2.36. The van der Waals surface area contributed by atoms with Crippen LogP contribution >= 0.6 is 0 Å². The third-order valence-electron chi connectivity index (χ3n) is 3.43. The van der Waals surface area contributed by atoms with Gasteiger partial charge in [0, 0.05) is 19.3 Å². The zero-order valence-electron chi connectivity index (χ0n) is 10.2. The number of carbonyl (C=O) groups is 1. The lowest BCUT2D eigenvalue weighted by Gasteiger charge is -2.19. The van der Waals surface area contributed by atoms with Gasteiger partial charge in [0.05, 0.1) is 6.20 Å². The van der Waals surface area contributed by atoms with Crippen LogP contribution < -0.4 is 5.32 Å². The van der Waals surface area contributed by atoms with Gasteiger partial charge in [0.2, 0.25) is 5.91 Å². The number of amides is 1. The van der Waals surface area contributed by atoms with E-state index in [1.165, 1.54) is 24.5 Å². The minimum absolute atomic E-state index is 0.0620. The molecule has 1 aromatic heterocycles. The molecule has 0 aliphatic heterocycles. The summed E-state index contributed by atoms with van der Waals surface area (Å²) in [6.45, 7) is 3.49. The summed E-state index contributed by atoms with van der Waals surface area (Å²) in [5.74, 6) is 0.469. The molecular weight excluding hydrogens is 214 g/mol. The quantitative estimate of drug-likeness (QED) is 0.800. The number of nitrogens with one attached hydrogen (secondary N) is 1. The van der Waals surface area contributed by atoms with Gasteiger partial charge in [0.1, 0.15) is 0 Å². The highest BCUT2D eigenvalue weighted by Crippen LogP contribution is 2.28. The van der Waals surface area contributed by atoms with E-state index in [9.17, 15) is 4.79 Å². The summed E-state index contributed by atoms with van der Waals surface area (Å²) in [5.41, 5.74) is 1.25. The van der Waals surface area contributed by atoms with Crippen LogP contribution in [0.25, 0.3) is 0 Å². The molecule has 1 aromatic rings. The molecule has 1 fully saturated rings. The summed E-state index contributed by atoms with van der Waals surface area (Å²) in [5, 5.41) is 7.20. The van der Waals surface area contributed by atoms with Crippen LogP contribution in [0.3, 0.4) is 0 Å². The Bertz CT molecular complexity index is 411. The van der Waals surface area contributed by atoms with E-state index in [2.05, 4.69) is 17.0 Å². The van der Waals surface area contributed by atoms with Crippen LogP contribution in [-0.2, 0) is 18.3 Å². The van der Waals surface area contributed by atoms with Crippen molar-refractivity contribution in [2.24, 2.45) is 13.0 Å². The van der Waals surface area contributed by atoms with Crippen LogP contribution in [0.5, 0.6) is 0 Å². The minimum Gasteiger partial charge on any atom is -0.350 e. The lowest BCUT2D eigenvalue weighted by molar-refractivity contribution is -0.117. The Labute approximate surface area is 102 Å². The summed E-state index contributed by atoms with van der Waals surface area (Å²) in [6.07, 6.45) is 9.74. The fourth-order valence-corrected chi connectivity index (χ4v) is 2.59. The molecule has 1 aliphatic carbocycles. The van der Waals surface area contributed by atoms with Crippen LogP contribution in [0.15, 0.2) is 25.0 Å². The molecule has 1 aliphatic rings. The van der Waals surface area contributed by atoms with Gasteiger partial charge in [-0.05, 0) is 36.8 Å². The Balaban J connectivity index is 1.95. The predicted molar refractivity (Wildman–Crippen MR) is 66.4 cm³/mol. The van der Waals surface area contributed by atoms with Crippen molar-refractivity contribution in [3.8, 4) is 0 Å². The molecule has 2 atom stereocenters. The summed E-state index contributed by atoms with van der Waals surface area (Å²) >= 11 is 0. The maximum absolute atomic E-state index is 11.3. The molecule has 2 unspecified atom stereocenters. The average molecular weight is 233 g/mol. The normalized spacial score (nSPS) is 23.6. The van der Waals surface area contributed by atoms with Gasteiger partial charge in [-0.15, -0.1) is 0 Å². The third-order valence-corrected chi connectivity index (χ3v) is 3.43. The molecule has 0 spiro atoms. The van der Waals surface area contributed by atoms with Crippen molar-refractivity contribution in [3.63, 3.8) is 0 Å². The zero-order chi connectivity index (χ0) is 12.3. The Morgan fingerprint density at radius 1 is 1.71 bits per heavy atom. The van der Waals surface area contributed by atoms with Crippen molar-refractivity contribution in [3.05, 3.63) is 30.6 Å². The molecule has 0 bridgehead atoms. The van der Waals surface area contributed by atoms with Crippen molar-refractivity contribution >= 4 is 5.91 Å². The minimum atomic E-state index is -0.0620. The largest absolute Gasteiger partial charge is 0.350 e. The highest BCUT2D eigenvalue weighted by molar-refractivity contribution is 5.87. The van der Waals surface area contributed by atoms with Gasteiger partial charge < -0.3 is 5.32 Å². The zero-order valence-corrected chi connectivity index (χ0v) is 10.2. The van der Waals surface area contributed by atoms with E-state index < -0.39 is 0 Å². The van der Waals surface area contributed by atoms with E-state index in [-0.39, 0.29) is 5.91 Å². The number of rotatable bonds is 4. The summed E-state index contributed by atoms with van der Waals surface area (Å²) in [7, 11) is 1.93. The molecule has 1 N–H and O–H groups in total. The van der Waals surface area contributed by atoms with E-state index in [0.29, 0.717) is 12.0 Å². The molecule has 2 rings (SSSR count). The Hall–Kier alpha value is -1.58. The van der Waals surface area contributed by atoms with Gasteiger partial charge in [-0.25, -0.2) is 0 Å². The fourth-order valence-electron chi connectivity index (χ4n) is 2.59.